The Morgan fingerprint density at radius 2 is 0.800 bits per heavy atom. The zero-order valence-corrected chi connectivity index (χ0v) is 24.6. The van der Waals surface area contributed by atoms with Gasteiger partial charge in [0.25, 0.3) is 0 Å². The molecular formula is C20H39I2OPRu. The average molecular weight is 681 g/mol. The van der Waals surface area contributed by atoms with Gasteiger partial charge in [-0.05, 0) is 100 Å². The van der Waals surface area contributed by atoms with Crippen molar-refractivity contribution in [2.24, 2.45) is 0 Å². The topological polar surface area (TPSA) is 20.2 Å². The molecule has 0 amide bonds. The molecule has 5 heteroatoms. The van der Waals surface area contributed by atoms with Gasteiger partial charge in [-0.15, -0.1) is 48.0 Å². The summed E-state index contributed by atoms with van der Waals surface area (Å²) in [4.78, 5) is 9.38. The van der Waals surface area contributed by atoms with E-state index in [0.717, 1.165) is 12.3 Å². The first-order chi connectivity index (χ1) is 10.3. The quantitative estimate of drug-likeness (QED) is 0.185. The van der Waals surface area contributed by atoms with Crippen LogP contribution in [0.2, 0.25) is 0 Å². The molecule has 1 aromatic carbocycles. The van der Waals surface area contributed by atoms with E-state index in [1.807, 2.05) is 0 Å². The number of hydrogen-bond donors (Lipinski definition) is 1. The SMILES string of the molecule is CCCCP(O)CCCC.Cc1c(C)c(C)c(C)c(C)c1C.I.I.[Ru]. The number of rotatable bonds is 6. The Balaban J connectivity index is -0.000000160. The molecule has 0 aliphatic carbocycles. The molecule has 0 fully saturated rings. The third-order valence-corrected chi connectivity index (χ3v) is 6.58. The van der Waals surface area contributed by atoms with Crippen LogP contribution in [0, 0.1) is 41.5 Å². The fourth-order valence-corrected chi connectivity index (χ4v) is 4.07. The summed E-state index contributed by atoms with van der Waals surface area (Å²) in [6, 6.07) is 0. The first-order valence-corrected chi connectivity index (χ1v) is 10.4. The summed E-state index contributed by atoms with van der Waals surface area (Å²) in [5, 5.41) is 0. The van der Waals surface area contributed by atoms with Gasteiger partial charge in [-0.3, -0.25) is 0 Å². The van der Waals surface area contributed by atoms with Crippen molar-refractivity contribution in [3.8, 4) is 0 Å². The predicted octanol–water partition coefficient (Wildman–Crippen LogP) is 7.75. The van der Waals surface area contributed by atoms with Gasteiger partial charge in [0.1, 0.15) is 0 Å². The zero-order valence-electron chi connectivity index (χ0n) is 17.3. The third kappa shape index (κ3) is 12.7. The molecule has 0 bridgehead atoms. The Labute approximate surface area is 205 Å². The van der Waals surface area contributed by atoms with E-state index >= 15 is 0 Å². The summed E-state index contributed by atoms with van der Waals surface area (Å²) < 4.78 is 0. The molecule has 0 aliphatic rings. The van der Waals surface area contributed by atoms with Crippen LogP contribution in [0.5, 0.6) is 0 Å². The standard InChI is InChI=1S/C12H18.C8H19OP.2HI.Ru/c1-7-8(2)10(4)12(6)11(5)9(7)3;1-3-5-7-10(9)8-6-4-2;;;/h1-6H3;9H,3-8H2,1-2H3;2*1H;. The molecule has 0 radical (unpaired) electrons. The number of halogens is 2. The Bertz CT molecular complexity index is 355. The molecular weight excluding hydrogens is 642 g/mol. The first-order valence-electron chi connectivity index (χ1n) is 8.75. The molecule has 25 heavy (non-hydrogen) atoms. The third-order valence-electron chi connectivity index (χ3n) is 4.91. The van der Waals surface area contributed by atoms with E-state index in [2.05, 4.69) is 55.4 Å². The second kappa shape index (κ2) is 19.0. The van der Waals surface area contributed by atoms with Gasteiger partial charge in [0, 0.05) is 27.6 Å². The Morgan fingerprint density at radius 3 is 0.960 bits per heavy atom. The maximum atomic E-state index is 9.38. The molecule has 1 N–H and O–H groups in total. The fourth-order valence-electron chi connectivity index (χ4n) is 2.48. The summed E-state index contributed by atoms with van der Waals surface area (Å²) in [5.41, 5.74) is 8.73. The van der Waals surface area contributed by atoms with E-state index in [9.17, 15) is 4.89 Å². The van der Waals surface area contributed by atoms with Crippen LogP contribution in [-0.4, -0.2) is 17.2 Å². The molecule has 1 rings (SSSR count). The van der Waals surface area contributed by atoms with Gasteiger partial charge in [0.2, 0.25) is 0 Å². The van der Waals surface area contributed by atoms with Crippen LogP contribution in [0.1, 0.15) is 72.9 Å². The monoisotopic (exact) mass is 682 g/mol. The van der Waals surface area contributed by atoms with Crippen LogP contribution in [0.25, 0.3) is 0 Å². The molecule has 0 spiro atoms. The van der Waals surface area contributed by atoms with Crippen LogP contribution >= 0.6 is 56.1 Å². The molecule has 0 unspecified atom stereocenters. The van der Waals surface area contributed by atoms with Crippen molar-refractivity contribution in [3.63, 3.8) is 0 Å². The molecule has 1 nitrogen and oxygen atoms in total. The number of hydrogen-bond acceptors (Lipinski definition) is 1. The molecule has 0 saturated carbocycles. The zero-order chi connectivity index (χ0) is 17.3. The molecule has 0 heterocycles. The van der Waals surface area contributed by atoms with Gasteiger partial charge in [-0.25, -0.2) is 0 Å². The predicted molar refractivity (Wildman–Crippen MR) is 134 cm³/mol. The van der Waals surface area contributed by atoms with Crippen molar-refractivity contribution in [2.75, 3.05) is 12.3 Å². The summed E-state index contributed by atoms with van der Waals surface area (Å²) in [5.74, 6) is 0. The van der Waals surface area contributed by atoms with Gasteiger partial charge in [0.15, 0.2) is 0 Å². The minimum absolute atomic E-state index is 0. The minimum atomic E-state index is -0.592. The molecule has 1 aromatic rings. The van der Waals surface area contributed by atoms with Crippen molar-refractivity contribution in [1.82, 2.24) is 0 Å². The number of benzene rings is 1. The molecule has 152 valence electrons. The Morgan fingerprint density at radius 1 is 0.600 bits per heavy atom. The van der Waals surface area contributed by atoms with E-state index in [-0.39, 0.29) is 67.4 Å². The van der Waals surface area contributed by atoms with Crippen LogP contribution < -0.4 is 0 Å². The maximum Gasteiger partial charge on any atom is 0.0251 e. The minimum Gasteiger partial charge on any atom is -0.374 e. The van der Waals surface area contributed by atoms with Gasteiger partial charge >= 0.3 is 0 Å². The Hall–Kier alpha value is 1.69. The summed E-state index contributed by atoms with van der Waals surface area (Å²) in [7, 11) is -0.592. The normalized spacial score (nSPS) is 9.36. The van der Waals surface area contributed by atoms with Crippen LogP contribution in [-0.2, 0) is 19.5 Å². The van der Waals surface area contributed by atoms with Crippen molar-refractivity contribution < 1.29 is 24.4 Å². The second-order valence-electron chi connectivity index (χ2n) is 6.41. The van der Waals surface area contributed by atoms with Gasteiger partial charge in [-0.1, -0.05) is 26.7 Å². The molecule has 0 aromatic heterocycles. The van der Waals surface area contributed by atoms with Crippen molar-refractivity contribution in [1.29, 1.82) is 0 Å². The molecule has 0 aliphatic heterocycles. The smallest absolute Gasteiger partial charge is 0.0251 e. The molecule has 0 saturated heterocycles. The van der Waals surface area contributed by atoms with Gasteiger partial charge in [-0.2, -0.15) is 0 Å². The van der Waals surface area contributed by atoms with E-state index in [0.29, 0.717) is 0 Å². The van der Waals surface area contributed by atoms with Gasteiger partial charge in [0.05, 0.1) is 0 Å². The number of unbranched alkanes of at least 4 members (excludes halogenated alkanes) is 2. The summed E-state index contributed by atoms with van der Waals surface area (Å²) in [6.45, 7) is 17.6. The summed E-state index contributed by atoms with van der Waals surface area (Å²) >= 11 is 0. The largest absolute Gasteiger partial charge is 0.374 e. The van der Waals surface area contributed by atoms with E-state index in [4.69, 9.17) is 0 Å². The second-order valence-corrected chi connectivity index (χ2v) is 8.32. The van der Waals surface area contributed by atoms with Crippen LogP contribution in [0.3, 0.4) is 0 Å². The first kappa shape index (κ1) is 34.2. The van der Waals surface area contributed by atoms with Crippen LogP contribution in [0.4, 0.5) is 0 Å². The molecule has 0 atom stereocenters. The van der Waals surface area contributed by atoms with E-state index < -0.39 is 8.15 Å². The average Bonchev–Trinajstić information content (AvgIpc) is 2.53. The Kier molecular flexibility index (Phi) is 26.0. The fraction of sp³-hybridized carbons (Fsp3) is 0.700. The summed E-state index contributed by atoms with van der Waals surface area (Å²) in [6.07, 6.45) is 6.95. The van der Waals surface area contributed by atoms with Crippen LogP contribution in [0.15, 0.2) is 0 Å². The van der Waals surface area contributed by atoms with E-state index in [1.165, 1.54) is 59.1 Å². The van der Waals surface area contributed by atoms with Crippen molar-refractivity contribution in [3.05, 3.63) is 33.4 Å². The van der Waals surface area contributed by atoms with Crippen molar-refractivity contribution >= 4 is 56.1 Å². The van der Waals surface area contributed by atoms with Gasteiger partial charge < -0.3 is 4.89 Å². The van der Waals surface area contributed by atoms with E-state index in [1.54, 1.807) is 0 Å². The van der Waals surface area contributed by atoms with Crippen molar-refractivity contribution in [2.45, 2.75) is 81.1 Å². The maximum absolute atomic E-state index is 9.38.